The highest BCUT2D eigenvalue weighted by molar-refractivity contribution is 5.72. The van der Waals surface area contributed by atoms with Crippen molar-refractivity contribution < 1.29 is 23.6 Å². The molecule has 0 atom stereocenters. The van der Waals surface area contributed by atoms with Gasteiger partial charge in [0.15, 0.2) is 0 Å². The van der Waals surface area contributed by atoms with Crippen LogP contribution in [-0.2, 0) is 11.2 Å². The van der Waals surface area contributed by atoms with Gasteiger partial charge in [0.05, 0.1) is 16.9 Å². The Bertz CT molecular complexity index is 436. The largest absolute Gasteiger partial charge is 0.481 e. The van der Waals surface area contributed by atoms with E-state index in [9.17, 15) is 23.7 Å². The molecule has 1 rings (SSSR count). The minimum atomic E-state index is -3.05. The number of carboxylic acid groups (broad SMARTS) is 1. The normalized spacial score (nSPS) is 10.4. The van der Waals surface area contributed by atoms with Crippen molar-refractivity contribution in [3.8, 4) is 0 Å². The van der Waals surface area contributed by atoms with Crippen LogP contribution in [0.1, 0.15) is 17.7 Å². The maximum atomic E-state index is 12.4. The molecule has 1 heterocycles. The molecule has 1 aromatic rings. The predicted octanol–water partition coefficient (Wildman–Crippen LogP) is 1.55. The monoisotopic (exact) mass is 232 g/mol. The Kier molecular flexibility index (Phi) is 3.44. The Morgan fingerprint density at radius 3 is 2.69 bits per heavy atom. The molecule has 0 unspecified atom stereocenters. The number of hydrogen-bond acceptors (Lipinski definition) is 4. The topological polar surface area (TPSA) is 93.3 Å². The first-order valence-electron chi connectivity index (χ1n) is 4.05. The molecule has 16 heavy (non-hydrogen) atoms. The number of rotatable bonds is 4. The van der Waals surface area contributed by atoms with Crippen LogP contribution >= 0.6 is 0 Å². The molecule has 0 spiro atoms. The fourth-order valence-corrected chi connectivity index (χ4v) is 1.19. The van der Waals surface area contributed by atoms with Crippen LogP contribution in [0.5, 0.6) is 0 Å². The van der Waals surface area contributed by atoms with E-state index in [0.717, 1.165) is 12.3 Å². The molecule has 1 N–H and O–H groups in total. The molecule has 0 bridgehead atoms. The van der Waals surface area contributed by atoms with Crippen molar-refractivity contribution in [2.24, 2.45) is 0 Å². The first kappa shape index (κ1) is 12.0. The number of carboxylic acids is 1. The standard InChI is InChI=1S/C8H6F2N2O4/c9-8(10)7-4(3-6(13)14)5(12(15)16)1-2-11-7/h1-2,8H,3H2,(H,13,14). The van der Waals surface area contributed by atoms with Gasteiger partial charge in [-0.3, -0.25) is 19.9 Å². The van der Waals surface area contributed by atoms with Gasteiger partial charge in [0.2, 0.25) is 0 Å². The van der Waals surface area contributed by atoms with Crippen molar-refractivity contribution >= 4 is 11.7 Å². The summed E-state index contributed by atoms with van der Waals surface area (Å²) in [6.07, 6.45) is -3.05. The molecule has 8 heteroatoms. The minimum absolute atomic E-state index is 0.560. The lowest BCUT2D eigenvalue weighted by atomic mass is 10.1. The lowest BCUT2D eigenvalue weighted by Gasteiger charge is -2.05. The highest BCUT2D eigenvalue weighted by Crippen LogP contribution is 2.28. The van der Waals surface area contributed by atoms with E-state index in [2.05, 4.69) is 4.98 Å². The summed E-state index contributed by atoms with van der Waals surface area (Å²) in [5.74, 6) is -1.43. The average molecular weight is 232 g/mol. The summed E-state index contributed by atoms with van der Waals surface area (Å²) in [5.41, 5.74) is -2.08. The fraction of sp³-hybridized carbons (Fsp3) is 0.250. The Morgan fingerprint density at radius 1 is 1.62 bits per heavy atom. The number of carbonyl (C=O) groups is 1. The van der Waals surface area contributed by atoms with E-state index < -0.39 is 40.7 Å². The maximum Gasteiger partial charge on any atom is 0.308 e. The van der Waals surface area contributed by atoms with Gasteiger partial charge >= 0.3 is 5.97 Å². The van der Waals surface area contributed by atoms with Crippen molar-refractivity contribution in [3.05, 3.63) is 33.6 Å². The molecule has 0 saturated heterocycles. The van der Waals surface area contributed by atoms with Gasteiger partial charge in [0, 0.05) is 12.3 Å². The molecule has 0 amide bonds. The molecule has 1 aromatic heterocycles. The molecular formula is C8H6F2N2O4. The van der Waals surface area contributed by atoms with Gasteiger partial charge in [-0.1, -0.05) is 0 Å². The lowest BCUT2D eigenvalue weighted by Crippen LogP contribution is -2.09. The number of aromatic nitrogens is 1. The first-order valence-corrected chi connectivity index (χ1v) is 4.05. The number of halogens is 2. The van der Waals surface area contributed by atoms with Gasteiger partial charge < -0.3 is 5.11 Å². The molecular weight excluding hydrogens is 226 g/mol. The van der Waals surface area contributed by atoms with Gasteiger partial charge in [-0.05, 0) is 0 Å². The second-order valence-electron chi connectivity index (χ2n) is 2.82. The summed E-state index contributed by atoms with van der Waals surface area (Å²) in [5, 5.41) is 19.0. The Labute approximate surface area is 87.7 Å². The molecule has 0 saturated carbocycles. The molecule has 0 fully saturated rings. The lowest BCUT2D eigenvalue weighted by molar-refractivity contribution is -0.385. The number of aliphatic carboxylic acids is 1. The molecule has 0 aliphatic carbocycles. The van der Waals surface area contributed by atoms with E-state index in [1.54, 1.807) is 0 Å². The molecule has 0 aliphatic heterocycles. The van der Waals surface area contributed by atoms with E-state index >= 15 is 0 Å². The smallest absolute Gasteiger partial charge is 0.308 e. The fourth-order valence-electron chi connectivity index (χ4n) is 1.19. The van der Waals surface area contributed by atoms with Crippen LogP contribution in [-0.4, -0.2) is 21.0 Å². The molecule has 0 aliphatic rings. The Balaban J connectivity index is 3.34. The molecule has 6 nitrogen and oxygen atoms in total. The third-order valence-corrected chi connectivity index (χ3v) is 1.80. The zero-order chi connectivity index (χ0) is 12.3. The number of hydrogen-bond donors (Lipinski definition) is 1. The van der Waals surface area contributed by atoms with E-state index in [1.165, 1.54) is 0 Å². The van der Waals surface area contributed by atoms with E-state index in [1.807, 2.05) is 0 Å². The van der Waals surface area contributed by atoms with Crippen molar-refractivity contribution in [2.45, 2.75) is 12.8 Å². The molecule has 0 radical (unpaired) electrons. The summed E-state index contributed by atoms with van der Waals surface area (Å²) in [7, 11) is 0. The van der Waals surface area contributed by atoms with Crippen LogP contribution < -0.4 is 0 Å². The quantitative estimate of drug-likeness (QED) is 0.627. The van der Waals surface area contributed by atoms with Gasteiger partial charge in [-0.25, -0.2) is 8.78 Å². The van der Waals surface area contributed by atoms with Crippen LogP contribution in [0.3, 0.4) is 0 Å². The van der Waals surface area contributed by atoms with Gasteiger partial charge in [0.25, 0.3) is 12.1 Å². The summed E-state index contributed by atoms with van der Waals surface area (Å²) < 4.78 is 24.9. The van der Waals surface area contributed by atoms with Crippen LogP contribution in [0.15, 0.2) is 12.3 Å². The zero-order valence-corrected chi connectivity index (χ0v) is 7.76. The third kappa shape index (κ3) is 2.47. The van der Waals surface area contributed by atoms with Crippen LogP contribution in [0.2, 0.25) is 0 Å². The maximum absolute atomic E-state index is 12.4. The number of alkyl halides is 2. The SMILES string of the molecule is O=C(O)Cc1c([N+](=O)[O-])ccnc1C(F)F. The van der Waals surface area contributed by atoms with Crippen molar-refractivity contribution in [1.82, 2.24) is 4.98 Å². The highest BCUT2D eigenvalue weighted by Gasteiger charge is 2.25. The number of pyridine rings is 1. The highest BCUT2D eigenvalue weighted by atomic mass is 19.3. The Hall–Kier alpha value is -2.12. The van der Waals surface area contributed by atoms with Crippen LogP contribution in [0, 0.1) is 10.1 Å². The summed E-state index contributed by atoms with van der Waals surface area (Å²) in [6.45, 7) is 0. The van der Waals surface area contributed by atoms with Crippen molar-refractivity contribution in [2.75, 3.05) is 0 Å². The van der Waals surface area contributed by atoms with Crippen LogP contribution in [0.25, 0.3) is 0 Å². The van der Waals surface area contributed by atoms with Gasteiger partial charge in [-0.2, -0.15) is 0 Å². The van der Waals surface area contributed by atoms with Crippen molar-refractivity contribution in [3.63, 3.8) is 0 Å². The summed E-state index contributed by atoms with van der Waals surface area (Å²) in [6, 6.07) is 0.893. The van der Waals surface area contributed by atoms with E-state index in [4.69, 9.17) is 5.11 Å². The zero-order valence-electron chi connectivity index (χ0n) is 7.76. The minimum Gasteiger partial charge on any atom is -0.481 e. The van der Waals surface area contributed by atoms with Crippen molar-refractivity contribution in [1.29, 1.82) is 0 Å². The Morgan fingerprint density at radius 2 is 2.25 bits per heavy atom. The second kappa shape index (κ2) is 4.60. The van der Waals surface area contributed by atoms with Gasteiger partial charge in [-0.15, -0.1) is 0 Å². The second-order valence-corrected chi connectivity index (χ2v) is 2.82. The summed E-state index contributed by atoms with van der Waals surface area (Å²) in [4.78, 5) is 23.3. The average Bonchev–Trinajstić information content (AvgIpc) is 2.16. The third-order valence-electron chi connectivity index (χ3n) is 1.80. The number of nitrogens with zero attached hydrogens (tertiary/aromatic N) is 2. The predicted molar refractivity (Wildman–Crippen MR) is 47.2 cm³/mol. The summed E-state index contributed by atoms with van der Waals surface area (Å²) >= 11 is 0. The van der Waals surface area contributed by atoms with E-state index in [0.29, 0.717) is 0 Å². The molecule has 86 valence electrons. The first-order chi connectivity index (χ1) is 7.43. The number of nitro groups is 1. The molecule has 0 aromatic carbocycles. The van der Waals surface area contributed by atoms with Crippen LogP contribution in [0.4, 0.5) is 14.5 Å². The van der Waals surface area contributed by atoms with Gasteiger partial charge in [0.1, 0.15) is 5.69 Å². The van der Waals surface area contributed by atoms with E-state index in [-0.39, 0.29) is 0 Å².